The Bertz CT molecular complexity index is 458. The van der Waals surface area contributed by atoms with Crippen molar-refractivity contribution < 1.29 is 0 Å². The fourth-order valence-electron chi connectivity index (χ4n) is 2.88. The minimum atomic E-state index is 0.549. The average Bonchev–Trinajstić information content (AvgIpc) is 2.50. The van der Waals surface area contributed by atoms with Gasteiger partial charge in [-0.15, -0.1) is 11.8 Å². The van der Waals surface area contributed by atoms with Crippen LogP contribution in [0.5, 0.6) is 0 Å². The maximum absolute atomic E-state index is 5.57. The van der Waals surface area contributed by atoms with Crippen molar-refractivity contribution in [2.75, 3.05) is 13.3 Å². The lowest BCUT2D eigenvalue weighted by Crippen LogP contribution is -2.46. The van der Waals surface area contributed by atoms with Gasteiger partial charge in [-0.3, -0.25) is 0 Å². The fourth-order valence-corrected chi connectivity index (χ4v) is 3.50. The highest BCUT2D eigenvalue weighted by atomic mass is 32.2. The Morgan fingerprint density at radius 2 is 1.95 bits per heavy atom. The van der Waals surface area contributed by atoms with E-state index in [0.717, 1.165) is 17.6 Å². The summed E-state index contributed by atoms with van der Waals surface area (Å²) in [5.74, 6) is 0.728. The third-order valence-corrected chi connectivity index (χ3v) is 5.52. The summed E-state index contributed by atoms with van der Waals surface area (Å²) in [4.78, 5) is 3.45. The molecule has 0 aromatic heterocycles. The Morgan fingerprint density at radius 1 is 1.29 bits per heavy atom. The van der Waals surface area contributed by atoms with Gasteiger partial charge < -0.3 is 10.2 Å². The first kappa shape index (κ1) is 16.6. The molecule has 1 aliphatic rings. The van der Waals surface area contributed by atoms with Crippen LogP contribution in [-0.2, 0) is 6.54 Å². The van der Waals surface area contributed by atoms with Gasteiger partial charge in [-0.25, -0.2) is 0 Å². The van der Waals surface area contributed by atoms with Crippen LogP contribution in [-0.4, -0.2) is 29.4 Å². The van der Waals surface area contributed by atoms with Crippen molar-refractivity contribution in [2.24, 2.45) is 5.92 Å². The Labute approximate surface area is 138 Å². The van der Waals surface area contributed by atoms with Crippen LogP contribution < -0.4 is 5.32 Å². The molecule has 1 aromatic rings. The first-order chi connectivity index (χ1) is 10.1. The molecule has 1 N–H and O–H groups in total. The van der Waals surface area contributed by atoms with Gasteiger partial charge in [0, 0.05) is 24.5 Å². The lowest BCUT2D eigenvalue weighted by atomic mass is 9.86. The van der Waals surface area contributed by atoms with Crippen molar-refractivity contribution in [3.8, 4) is 0 Å². The molecule has 0 aliphatic heterocycles. The molecule has 2 atom stereocenters. The molecule has 0 spiro atoms. The highest BCUT2D eigenvalue weighted by molar-refractivity contribution is 7.98. The molecule has 1 saturated carbocycles. The maximum atomic E-state index is 5.57. The van der Waals surface area contributed by atoms with Gasteiger partial charge in [0.2, 0.25) is 0 Å². The number of rotatable bonds is 4. The molecule has 2 nitrogen and oxygen atoms in total. The molecule has 116 valence electrons. The van der Waals surface area contributed by atoms with E-state index in [1.54, 1.807) is 11.8 Å². The quantitative estimate of drug-likeness (QED) is 0.656. The molecule has 0 heterocycles. The maximum Gasteiger partial charge on any atom is 0.169 e. The summed E-state index contributed by atoms with van der Waals surface area (Å²) in [6, 6.07) is 9.27. The zero-order valence-corrected chi connectivity index (χ0v) is 14.9. The molecular formula is C17H26N2S2. The van der Waals surface area contributed by atoms with Crippen LogP contribution in [0.2, 0.25) is 0 Å². The van der Waals surface area contributed by atoms with E-state index in [4.69, 9.17) is 12.2 Å². The van der Waals surface area contributed by atoms with Crippen molar-refractivity contribution in [1.82, 2.24) is 10.2 Å². The van der Waals surface area contributed by atoms with Gasteiger partial charge in [0.15, 0.2) is 5.11 Å². The van der Waals surface area contributed by atoms with Gasteiger partial charge >= 0.3 is 0 Å². The zero-order chi connectivity index (χ0) is 15.2. The van der Waals surface area contributed by atoms with E-state index >= 15 is 0 Å². The third kappa shape index (κ3) is 4.89. The van der Waals surface area contributed by atoms with Crippen LogP contribution in [0, 0.1) is 5.92 Å². The smallest absolute Gasteiger partial charge is 0.169 e. The largest absolute Gasteiger partial charge is 0.360 e. The molecule has 1 aromatic carbocycles. The predicted molar refractivity (Wildman–Crippen MR) is 96.8 cm³/mol. The summed E-state index contributed by atoms with van der Waals surface area (Å²) in [7, 11) is 2.07. The van der Waals surface area contributed by atoms with Crippen molar-refractivity contribution >= 4 is 29.1 Å². The number of nitrogens with zero attached hydrogens (tertiary/aromatic N) is 1. The first-order valence-electron chi connectivity index (χ1n) is 7.74. The summed E-state index contributed by atoms with van der Waals surface area (Å²) < 4.78 is 0. The van der Waals surface area contributed by atoms with Gasteiger partial charge in [0.05, 0.1) is 0 Å². The third-order valence-electron chi connectivity index (χ3n) is 4.35. The monoisotopic (exact) mass is 322 g/mol. The number of hydrogen-bond donors (Lipinski definition) is 1. The number of nitrogens with one attached hydrogen (secondary N) is 1. The van der Waals surface area contributed by atoms with Gasteiger partial charge in [-0.05, 0) is 54.9 Å². The van der Waals surface area contributed by atoms with Crippen LogP contribution >= 0.6 is 24.0 Å². The van der Waals surface area contributed by atoms with E-state index in [1.807, 2.05) is 0 Å². The molecule has 4 heteroatoms. The van der Waals surface area contributed by atoms with E-state index in [-0.39, 0.29) is 0 Å². The molecule has 0 amide bonds. The van der Waals surface area contributed by atoms with E-state index in [1.165, 1.54) is 36.1 Å². The Hall–Kier alpha value is -0.740. The Morgan fingerprint density at radius 3 is 2.57 bits per heavy atom. The molecule has 1 fully saturated rings. The Balaban J connectivity index is 1.86. The summed E-state index contributed by atoms with van der Waals surface area (Å²) >= 11 is 7.34. The number of thiocarbonyl (C=S) groups is 1. The standard InChI is InChI=1S/C17H26N2S2/c1-13-6-4-5-7-16(13)18-17(20)19(2)12-14-8-10-15(21-3)11-9-14/h8-11,13,16H,4-7,12H2,1-3H3,(H,18,20)/t13-,16-/m0/s1. The van der Waals surface area contributed by atoms with Crippen molar-refractivity contribution in [1.29, 1.82) is 0 Å². The summed E-state index contributed by atoms with van der Waals surface area (Å²) in [6.07, 6.45) is 7.36. The summed E-state index contributed by atoms with van der Waals surface area (Å²) in [6.45, 7) is 3.20. The van der Waals surface area contributed by atoms with Gasteiger partial charge in [-0.1, -0.05) is 31.9 Å². The first-order valence-corrected chi connectivity index (χ1v) is 9.38. The lowest BCUT2D eigenvalue weighted by molar-refractivity contribution is 0.300. The lowest BCUT2D eigenvalue weighted by Gasteiger charge is -2.33. The predicted octanol–water partition coefficient (Wildman–Crippen LogP) is 4.29. The average molecular weight is 323 g/mol. The molecule has 0 radical (unpaired) electrons. The molecule has 1 aliphatic carbocycles. The van der Waals surface area contributed by atoms with E-state index in [9.17, 15) is 0 Å². The van der Waals surface area contributed by atoms with Crippen LogP contribution in [0.3, 0.4) is 0 Å². The van der Waals surface area contributed by atoms with Crippen LogP contribution in [0.15, 0.2) is 29.2 Å². The molecular weight excluding hydrogens is 296 g/mol. The minimum absolute atomic E-state index is 0.549. The normalized spacial score (nSPS) is 21.9. The second kappa shape index (κ2) is 8.04. The molecule has 21 heavy (non-hydrogen) atoms. The fraction of sp³-hybridized carbons (Fsp3) is 0.588. The van der Waals surface area contributed by atoms with Gasteiger partial charge in [0.25, 0.3) is 0 Å². The Kier molecular flexibility index (Phi) is 6.37. The van der Waals surface area contributed by atoms with Gasteiger partial charge in [-0.2, -0.15) is 0 Å². The van der Waals surface area contributed by atoms with Crippen LogP contribution in [0.1, 0.15) is 38.2 Å². The topological polar surface area (TPSA) is 15.3 Å². The highest BCUT2D eigenvalue weighted by Crippen LogP contribution is 2.24. The van der Waals surface area contributed by atoms with E-state index < -0.39 is 0 Å². The van der Waals surface area contributed by atoms with Crippen LogP contribution in [0.25, 0.3) is 0 Å². The molecule has 0 bridgehead atoms. The second-order valence-electron chi connectivity index (χ2n) is 6.02. The minimum Gasteiger partial charge on any atom is -0.360 e. The molecule has 2 rings (SSSR count). The number of hydrogen-bond acceptors (Lipinski definition) is 2. The van der Waals surface area contributed by atoms with Crippen molar-refractivity contribution in [3.05, 3.63) is 29.8 Å². The number of thioether (sulfide) groups is 1. The number of benzene rings is 1. The molecule has 0 saturated heterocycles. The second-order valence-corrected chi connectivity index (χ2v) is 7.29. The van der Waals surface area contributed by atoms with E-state index in [0.29, 0.717) is 6.04 Å². The summed E-state index contributed by atoms with van der Waals surface area (Å²) in [5.41, 5.74) is 1.30. The van der Waals surface area contributed by atoms with Crippen molar-refractivity contribution in [3.63, 3.8) is 0 Å². The molecule has 0 unspecified atom stereocenters. The van der Waals surface area contributed by atoms with E-state index in [2.05, 4.69) is 54.7 Å². The van der Waals surface area contributed by atoms with Gasteiger partial charge in [0.1, 0.15) is 0 Å². The highest BCUT2D eigenvalue weighted by Gasteiger charge is 2.22. The SMILES string of the molecule is CSc1ccc(CN(C)C(=S)N[C@H]2CCCC[C@@H]2C)cc1. The van der Waals surface area contributed by atoms with Crippen molar-refractivity contribution in [2.45, 2.75) is 50.1 Å². The zero-order valence-electron chi connectivity index (χ0n) is 13.3. The van der Waals surface area contributed by atoms with Crippen LogP contribution in [0.4, 0.5) is 0 Å². The summed E-state index contributed by atoms with van der Waals surface area (Å²) in [5, 5.41) is 4.44.